The van der Waals surface area contributed by atoms with Gasteiger partial charge in [-0.25, -0.2) is 9.97 Å². The van der Waals surface area contributed by atoms with Gasteiger partial charge in [0.2, 0.25) is 5.88 Å². The molecule has 2 heterocycles. The molecule has 1 fully saturated rings. The molecule has 8 heteroatoms. The fourth-order valence-electron chi connectivity index (χ4n) is 3.13. The summed E-state index contributed by atoms with van der Waals surface area (Å²) < 4.78 is 6.10. The maximum atomic E-state index is 6.10. The molecule has 0 radical (unpaired) electrons. The Morgan fingerprint density at radius 1 is 1.26 bits per heavy atom. The van der Waals surface area contributed by atoms with Gasteiger partial charge in [-0.05, 0) is 45.6 Å². The third-order valence-corrected chi connectivity index (χ3v) is 5.59. The number of ether oxygens (including phenoxy) is 1. The number of guanidine groups is 1. The summed E-state index contributed by atoms with van der Waals surface area (Å²) in [5, 5.41) is 7.79. The Kier molecular flexibility index (Phi) is 8.75. The number of halogens is 1. The van der Waals surface area contributed by atoms with E-state index < -0.39 is 0 Å². The molecule has 2 aromatic heterocycles. The van der Waals surface area contributed by atoms with Crippen molar-refractivity contribution in [1.29, 1.82) is 0 Å². The molecular weight excluding hydrogens is 473 g/mol. The number of nitrogens with one attached hydrogen (secondary N) is 2. The summed E-state index contributed by atoms with van der Waals surface area (Å²) in [5.74, 6) is 1.49. The zero-order valence-corrected chi connectivity index (χ0v) is 19.3. The van der Waals surface area contributed by atoms with E-state index >= 15 is 0 Å². The lowest BCUT2D eigenvalue weighted by Gasteiger charge is -2.16. The van der Waals surface area contributed by atoms with Gasteiger partial charge in [-0.3, -0.25) is 4.99 Å². The molecule has 0 spiro atoms. The number of aromatic nitrogens is 2. The maximum Gasteiger partial charge on any atom is 0.218 e. The van der Waals surface area contributed by atoms with Crippen LogP contribution in [0.4, 0.5) is 0 Å². The molecule has 2 aromatic rings. The van der Waals surface area contributed by atoms with E-state index in [0.29, 0.717) is 12.6 Å². The van der Waals surface area contributed by atoms with Crippen LogP contribution in [0.5, 0.6) is 5.88 Å². The van der Waals surface area contributed by atoms with Crippen molar-refractivity contribution in [2.75, 3.05) is 7.05 Å². The van der Waals surface area contributed by atoms with Crippen LogP contribution >= 0.6 is 35.3 Å². The second-order valence-corrected chi connectivity index (χ2v) is 7.80. The number of rotatable bonds is 6. The normalized spacial score (nSPS) is 14.7. The van der Waals surface area contributed by atoms with Gasteiger partial charge in [0.25, 0.3) is 0 Å². The number of pyridine rings is 1. The van der Waals surface area contributed by atoms with Crippen LogP contribution in [0.25, 0.3) is 0 Å². The van der Waals surface area contributed by atoms with E-state index in [0.717, 1.165) is 47.5 Å². The Morgan fingerprint density at radius 2 is 2.00 bits per heavy atom. The first-order valence-electron chi connectivity index (χ1n) is 9.13. The number of aryl methyl sites for hydroxylation is 2. The number of aliphatic imine (C=N–C) groups is 1. The first kappa shape index (κ1) is 21.9. The van der Waals surface area contributed by atoms with E-state index in [2.05, 4.69) is 25.6 Å². The minimum atomic E-state index is 0. The third-order valence-electron chi connectivity index (χ3n) is 4.52. The molecule has 0 aromatic carbocycles. The van der Waals surface area contributed by atoms with Crippen molar-refractivity contribution in [3.8, 4) is 5.88 Å². The Balaban J connectivity index is 0.00000261. The van der Waals surface area contributed by atoms with Gasteiger partial charge in [0, 0.05) is 30.2 Å². The Hall–Kier alpha value is -1.42. The molecule has 0 unspecified atom stereocenters. The highest BCUT2D eigenvalue weighted by Gasteiger charge is 2.18. The van der Waals surface area contributed by atoms with Gasteiger partial charge in [-0.2, -0.15) is 0 Å². The molecule has 2 N–H and O–H groups in total. The largest absolute Gasteiger partial charge is 0.474 e. The van der Waals surface area contributed by atoms with Crippen molar-refractivity contribution in [3.63, 3.8) is 0 Å². The van der Waals surface area contributed by atoms with Gasteiger partial charge in [0.1, 0.15) is 6.10 Å². The highest BCUT2D eigenvalue weighted by molar-refractivity contribution is 14.0. The molecule has 0 aliphatic heterocycles. The average Bonchev–Trinajstić information content (AvgIpc) is 3.25. The van der Waals surface area contributed by atoms with Crippen LogP contribution in [0.2, 0.25) is 0 Å². The smallest absolute Gasteiger partial charge is 0.218 e. The molecule has 0 amide bonds. The molecule has 0 saturated heterocycles. The van der Waals surface area contributed by atoms with E-state index in [1.165, 1.54) is 17.7 Å². The van der Waals surface area contributed by atoms with Crippen molar-refractivity contribution in [2.45, 2.75) is 58.7 Å². The van der Waals surface area contributed by atoms with Gasteiger partial charge in [-0.1, -0.05) is 6.07 Å². The summed E-state index contributed by atoms with van der Waals surface area (Å²) >= 11 is 1.72. The molecule has 0 atom stereocenters. The second kappa shape index (κ2) is 10.8. The van der Waals surface area contributed by atoms with E-state index in [1.807, 2.05) is 26.0 Å². The number of nitrogens with zero attached hydrogens (tertiary/aromatic N) is 3. The SMILES string of the molecule is CN=C(NCc1cccnc1OC1CCCC1)NCc1sc(C)nc1C.I. The standard InChI is InChI=1S/C19H27N5OS.HI/c1-13-17(26-14(2)24-13)12-23-19(20-3)22-11-15-7-6-10-21-18(15)25-16-8-4-5-9-16;/h6-7,10,16H,4-5,8-9,11-12H2,1-3H3,(H2,20,22,23);1H. The van der Waals surface area contributed by atoms with E-state index in [-0.39, 0.29) is 24.0 Å². The zero-order chi connectivity index (χ0) is 18.4. The number of hydrogen-bond donors (Lipinski definition) is 2. The molecule has 1 saturated carbocycles. The summed E-state index contributed by atoms with van der Waals surface area (Å²) in [6.07, 6.45) is 6.84. The third kappa shape index (κ3) is 6.31. The predicted octanol–water partition coefficient (Wildman–Crippen LogP) is 3.96. The highest BCUT2D eigenvalue weighted by Crippen LogP contribution is 2.25. The fraction of sp³-hybridized carbons (Fsp3) is 0.526. The number of hydrogen-bond acceptors (Lipinski definition) is 5. The van der Waals surface area contributed by atoms with E-state index in [9.17, 15) is 0 Å². The molecule has 6 nitrogen and oxygen atoms in total. The highest BCUT2D eigenvalue weighted by atomic mass is 127. The summed E-state index contributed by atoms with van der Waals surface area (Å²) in [6, 6.07) is 3.99. The molecule has 3 rings (SSSR count). The van der Waals surface area contributed by atoms with Crippen molar-refractivity contribution in [3.05, 3.63) is 39.5 Å². The lowest BCUT2D eigenvalue weighted by Crippen LogP contribution is -2.36. The van der Waals surface area contributed by atoms with E-state index in [4.69, 9.17) is 4.74 Å². The Bertz CT molecular complexity index is 758. The first-order chi connectivity index (χ1) is 12.7. The summed E-state index contributed by atoms with van der Waals surface area (Å²) in [5.41, 5.74) is 2.13. The van der Waals surface area contributed by atoms with Crippen LogP contribution < -0.4 is 15.4 Å². The van der Waals surface area contributed by atoms with Crippen LogP contribution in [0.1, 0.15) is 46.8 Å². The molecule has 1 aliphatic carbocycles. The zero-order valence-electron chi connectivity index (χ0n) is 16.1. The fourth-order valence-corrected chi connectivity index (χ4v) is 4.01. The molecular formula is C19H28IN5OS. The van der Waals surface area contributed by atoms with Gasteiger partial charge in [0.05, 0.1) is 17.2 Å². The van der Waals surface area contributed by atoms with Crippen LogP contribution in [0.3, 0.4) is 0 Å². The van der Waals surface area contributed by atoms with Crippen LogP contribution in [0.15, 0.2) is 23.3 Å². The molecule has 27 heavy (non-hydrogen) atoms. The quantitative estimate of drug-likeness (QED) is 0.356. The van der Waals surface area contributed by atoms with Crippen molar-refractivity contribution in [2.24, 2.45) is 4.99 Å². The first-order valence-corrected chi connectivity index (χ1v) is 9.95. The van der Waals surface area contributed by atoms with Crippen LogP contribution in [-0.2, 0) is 13.1 Å². The monoisotopic (exact) mass is 501 g/mol. The minimum Gasteiger partial charge on any atom is -0.474 e. The lowest BCUT2D eigenvalue weighted by molar-refractivity contribution is 0.199. The van der Waals surface area contributed by atoms with E-state index in [1.54, 1.807) is 24.6 Å². The second-order valence-electron chi connectivity index (χ2n) is 6.51. The number of thiazole rings is 1. The molecule has 148 valence electrons. The van der Waals surface area contributed by atoms with Crippen molar-refractivity contribution >= 4 is 41.3 Å². The van der Waals surface area contributed by atoms with Gasteiger partial charge >= 0.3 is 0 Å². The topological polar surface area (TPSA) is 71.4 Å². The molecule has 0 bridgehead atoms. The van der Waals surface area contributed by atoms with Gasteiger partial charge in [0.15, 0.2) is 5.96 Å². The van der Waals surface area contributed by atoms with Crippen LogP contribution in [-0.4, -0.2) is 29.1 Å². The maximum absolute atomic E-state index is 6.10. The predicted molar refractivity (Wildman–Crippen MR) is 121 cm³/mol. The van der Waals surface area contributed by atoms with Gasteiger partial charge < -0.3 is 15.4 Å². The summed E-state index contributed by atoms with van der Waals surface area (Å²) in [7, 11) is 1.78. The minimum absolute atomic E-state index is 0. The summed E-state index contributed by atoms with van der Waals surface area (Å²) in [6.45, 7) is 5.41. The van der Waals surface area contributed by atoms with Crippen molar-refractivity contribution < 1.29 is 4.74 Å². The Morgan fingerprint density at radius 3 is 2.67 bits per heavy atom. The van der Waals surface area contributed by atoms with Crippen LogP contribution in [0, 0.1) is 13.8 Å². The Labute approximate surface area is 182 Å². The average molecular weight is 501 g/mol. The molecule has 1 aliphatic rings. The summed E-state index contributed by atoms with van der Waals surface area (Å²) in [4.78, 5) is 14.4. The lowest BCUT2D eigenvalue weighted by atomic mass is 10.2. The van der Waals surface area contributed by atoms with Gasteiger partial charge in [-0.15, -0.1) is 35.3 Å². The van der Waals surface area contributed by atoms with Crippen molar-refractivity contribution in [1.82, 2.24) is 20.6 Å².